The molecule has 0 aromatic heterocycles. The monoisotopic (exact) mass is 338 g/mol. The van der Waals surface area contributed by atoms with Crippen LogP contribution in [0, 0.1) is 0 Å². The second-order valence-corrected chi connectivity index (χ2v) is 8.00. The molecule has 0 saturated heterocycles. The minimum atomic E-state index is -3.85. The Bertz CT molecular complexity index is 828. The van der Waals surface area contributed by atoms with Gasteiger partial charge in [-0.2, -0.15) is 0 Å². The van der Waals surface area contributed by atoms with Crippen molar-refractivity contribution in [2.75, 3.05) is 0 Å². The van der Waals surface area contributed by atoms with Gasteiger partial charge in [0, 0.05) is 15.7 Å². The maximum atomic E-state index is 12.3. The standard InChI is InChI=1S/C14H10O6S2/c15-13(16)11-7-6-10(8-12(11)14(17)18)22(19,20)21-9-4-2-1-3-5-9/h1-8H,(H,15,16)(H,17,18). The smallest absolute Gasteiger partial charge is 0.336 e. The maximum Gasteiger partial charge on any atom is 0.336 e. The van der Waals surface area contributed by atoms with Crippen LogP contribution in [-0.4, -0.2) is 30.6 Å². The zero-order chi connectivity index (χ0) is 16.3. The Morgan fingerprint density at radius 1 is 0.864 bits per heavy atom. The van der Waals surface area contributed by atoms with Crippen LogP contribution in [0.1, 0.15) is 20.7 Å². The van der Waals surface area contributed by atoms with Crippen molar-refractivity contribution in [1.29, 1.82) is 0 Å². The molecule has 0 saturated carbocycles. The van der Waals surface area contributed by atoms with E-state index < -0.39 is 31.9 Å². The number of aromatic carboxylic acids is 2. The summed E-state index contributed by atoms with van der Waals surface area (Å²) in [7, 11) is -3.29. The molecule has 0 unspecified atom stereocenters. The SMILES string of the molecule is O=C(O)c1ccc(S(=O)(=O)Sc2ccccc2)cc1C(=O)O. The Morgan fingerprint density at radius 2 is 1.45 bits per heavy atom. The van der Waals surface area contributed by atoms with Gasteiger partial charge in [-0.3, -0.25) is 0 Å². The van der Waals surface area contributed by atoms with Crippen LogP contribution in [0.2, 0.25) is 0 Å². The van der Waals surface area contributed by atoms with Gasteiger partial charge in [0.2, 0.25) is 8.87 Å². The maximum absolute atomic E-state index is 12.3. The molecule has 2 aromatic carbocycles. The van der Waals surface area contributed by atoms with E-state index in [0.717, 1.165) is 18.2 Å². The molecule has 2 aromatic rings. The minimum Gasteiger partial charge on any atom is -0.478 e. The molecule has 0 fully saturated rings. The number of rotatable bonds is 5. The lowest BCUT2D eigenvalue weighted by atomic mass is 10.1. The molecule has 6 nitrogen and oxygen atoms in total. The van der Waals surface area contributed by atoms with Gasteiger partial charge >= 0.3 is 11.9 Å². The van der Waals surface area contributed by atoms with E-state index in [0.29, 0.717) is 15.7 Å². The number of benzene rings is 2. The lowest BCUT2D eigenvalue weighted by Gasteiger charge is -2.07. The van der Waals surface area contributed by atoms with Crippen molar-refractivity contribution in [1.82, 2.24) is 0 Å². The Labute approximate surface area is 129 Å². The van der Waals surface area contributed by atoms with Crippen LogP contribution >= 0.6 is 10.8 Å². The van der Waals surface area contributed by atoms with Crippen LogP contribution in [0.4, 0.5) is 0 Å². The molecule has 0 aliphatic carbocycles. The summed E-state index contributed by atoms with van der Waals surface area (Å²) in [5.74, 6) is -2.93. The summed E-state index contributed by atoms with van der Waals surface area (Å²) in [6.45, 7) is 0. The van der Waals surface area contributed by atoms with Crippen molar-refractivity contribution in [3.05, 3.63) is 59.7 Å². The first-order valence-electron chi connectivity index (χ1n) is 5.91. The second kappa shape index (κ2) is 6.20. The summed E-state index contributed by atoms with van der Waals surface area (Å²) in [6.07, 6.45) is 0. The van der Waals surface area contributed by atoms with Crippen LogP contribution in [-0.2, 0) is 8.87 Å². The van der Waals surface area contributed by atoms with Gasteiger partial charge in [0.1, 0.15) is 0 Å². The highest BCUT2D eigenvalue weighted by atomic mass is 33.1. The number of carbonyl (C=O) groups is 2. The third-order valence-corrected chi connectivity index (χ3v) is 6.02. The number of hydrogen-bond donors (Lipinski definition) is 2. The Balaban J connectivity index is 2.46. The normalized spacial score (nSPS) is 11.1. The predicted octanol–water partition coefficient (Wildman–Crippen LogP) is 2.56. The van der Waals surface area contributed by atoms with E-state index in [1.54, 1.807) is 30.3 Å². The number of hydrogen-bond acceptors (Lipinski definition) is 5. The number of carboxylic acids is 2. The molecule has 0 radical (unpaired) electrons. The minimum absolute atomic E-state index is 0.260. The highest BCUT2D eigenvalue weighted by Crippen LogP contribution is 2.31. The summed E-state index contributed by atoms with van der Waals surface area (Å²) in [5, 5.41) is 18.0. The second-order valence-electron chi connectivity index (χ2n) is 4.17. The molecule has 0 spiro atoms. The molecule has 0 atom stereocenters. The summed E-state index contributed by atoms with van der Waals surface area (Å²) < 4.78 is 24.6. The van der Waals surface area contributed by atoms with Crippen molar-refractivity contribution < 1.29 is 28.2 Å². The van der Waals surface area contributed by atoms with Crippen molar-refractivity contribution in [3.8, 4) is 0 Å². The average molecular weight is 338 g/mol. The third kappa shape index (κ3) is 3.46. The van der Waals surface area contributed by atoms with Gasteiger partial charge < -0.3 is 10.2 Å². The van der Waals surface area contributed by atoms with Crippen LogP contribution in [0.3, 0.4) is 0 Å². The van der Waals surface area contributed by atoms with Crippen LogP contribution in [0.5, 0.6) is 0 Å². The van der Waals surface area contributed by atoms with Crippen molar-refractivity contribution in [2.45, 2.75) is 9.79 Å². The molecule has 0 amide bonds. The molecule has 0 aliphatic heterocycles. The fourth-order valence-corrected chi connectivity index (χ4v) is 4.50. The molecule has 2 rings (SSSR count). The summed E-state index contributed by atoms with van der Waals surface area (Å²) >= 11 is 0. The number of carboxylic acid groups (broad SMARTS) is 2. The summed E-state index contributed by atoms with van der Waals surface area (Å²) in [5.41, 5.74) is -1.03. The zero-order valence-electron chi connectivity index (χ0n) is 11.0. The van der Waals surface area contributed by atoms with E-state index >= 15 is 0 Å². The van der Waals surface area contributed by atoms with Crippen molar-refractivity contribution in [3.63, 3.8) is 0 Å². The van der Waals surface area contributed by atoms with E-state index in [1.807, 2.05) is 0 Å². The average Bonchev–Trinajstić information content (AvgIpc) is 2.47. The quantitative estimate of drug-likeness (QED) is 0.806. The van der Waals surface area contributed by atoms with Crippen molar-refractivity contribution in [2.24, 2.45) is 0 Å². The molecular weight excluding hydrogens is 328 g/mol. The topological polar surface area (TPSA) is 109 Å². The van der Waals surface area contributed by atoms with Gasteiger partial charge in [-0.25, -0.2) is 18.0 Å². The van der Waals surface area contributed by atoms with Gasteiger partial charge in [0.15, 0.2) is 0 Å². The van der Waals surface area contributed by atoms with E-state index in [9.17, 15) is 18.0 Å². The van der Waals surface area contributed by atoms with Gasteiger partial charge in [0.25, 0.3) is 0 Å². The molecule has 2 N–H and O–H groups in total. The molecule has 8 heteroatoms. The Morgan fingerprint density at radius 3 is 2.00 bits per heavy atom. The Kier molecular flexibility index (Phi) is 4.53. The van der Waals surface area contributed by atoms with Crippen LogP contribution in [0.25, 0.3) is 0 Å². The first kappa shape index (κ1) is 16.1. The van der Waals surface area contributed by atoms with E-state index in [4.69, 9.17) is 10.2 Å². The van der Waals surface area contributed by atoms with Gasteiger partial charge in [-0.1, -0.05) is 18.2 Å². The highest BCUT2D eigenvalue weighted by molar-refractivity contribution is 8.72. The molecule has 114 valence electrons. The fraction of sp³-hybridized carbons (Fsp3) is 0. The first-order valence-corrected chi connectivity index (χ1v) is 8.73. The Hall–Kier alpha value is -2.32. The van der Waals surface area contributed by atoms with Gasteiger partial charge in [0.05, 0.1) is 16.0 Å². The molecular formula is C14H10O6S2. The summed E-state index contributed by atoms with van der Waals surface area (Å²) in [6, 6.07) is 11.2. The highest BCUT2D eigenvalue weighted by Gasteiger charge is 2.22. The third-order valence-electron chi connectivity index (χ3n) is 2.69. The first-order chi connectivity index (χ1) is 10.3. The lowest BCUT2D eigenvalue weighted by Crippen LogP contribution is -2.09. The largest absolute Gasteiger partial charge is 0.478 e. The van der Waals surface area contributed by atoms with E-state index in [-0.39, 0.29) is 4.90 Å². The van der Waals surface area contributed by atoms with Gasteiger partial charge in [-0.05, 0) is 30.3 Å². The van der Waals surface area contributed by atoms with E-state index in [1.165, 1.54) is 0 Å². The van der Waals surface area contributed by atoms with Crippen LogP contribution < -0.4 is 0 Å². The lowest BCUT2D eigenvalue weighted by molar-refractivity contribution is 0.0651. The molecule has 0 heterocycles. The predicted molar refractivity (Wildman–Crippen MR) is 79.8 cm³/mol. The zero-order valence-corrected chi connectivity index (χ0v) is 12.6. The van der Waals surface area contributed by atoms with Crippen LogP contribution in [0.15, 0.2) is 58.3 Å². The molecule has 0 bridgehead atoms. The van der Waals surface area contributed by atoms with E-state index in [2.05, 4.69) is 0 Å². The fourth-order valence-electron chi connectivity index (χ4n) is 1.69. The summed E-state index contributed by atoms with van der Waals surface area (Å²) in [4.78, 5) is 22.3. The molecule has 0 aliphatic rings. The molecule has 22 heavy (non-hydrogen) atoms. The van der Waals surface area contributed by atoms with Crippen molar-refractivity contribution >= 4 is 31.6 Å². The van der Waals surface area contributed by atoms with Gasteiger partial charge in [-0.15, -0.1) is 0 Å².